The maximum absolute atomic E-state index is 14.0. The second-order valence-electron chi connectivity index (χ2n) is 9.74. The molecule has 5 atom stereocenters. The van der Waals surface area contributed by atoms with E-state index in [2.05, 4.69) is 11.5 Å². The summed E-state index contributed by atoms with van der Waals surface area (Å²) in [5, 5.41) is 19.0. The molecule has 4 heterocycles. The van der Waals surface area contributed by atoms with Crippen LogP contribution in [-0.2, 0) is 23.9 Å². The Hall–Kier alpha value is -2.01. The summed E-state index contributed by atoms with van der Waals surface area (Å²) in [6, 6.07) is -0.835. The van der Waals surface area contributed by atoms with Crippen molar-refractivity contribution in [2.75, 3.05) is 59.1 Å². The lowest BCUT2D eigenvalue weighted by atomic mass is 9.70. The maximum Gasteiger partial charge on any atom is 0.310 e. The van der Waals surface area contributed by atoms with Crippen LogP contribution < -0.4 is 0 Å². The van der Waals surface area contributed by atoms with Crippen LogP contribution in [0.1, 0.15) is 32.1 Å². The highest BCUT2D eigenvalue weighted by Crippen LogP contribution is 2.58. The first-order valence-corrected chi connectivity index (χ1v) is 12.5. The third-order valence-corrected chi connectivity index (χ3v) is 7.83. The zero-order chi connectivity index (χ0) is 24.3. The fraction of sp³-hybridized carbons (Fsp3) is 0.792. The minimum Gasteiger partial charge on any atom is -0.481 e. The fourth-order valence-electron chi connectivity index (χ4n) is 6.23. The van der Waals surface area contributed by atoms with E-state index in [1.54, 1.807) is 15.9 Å². The molecule has 0 aromatic carbocycles. The minimum absolute atomic E-state index is 0.0728. The van der Waals surface area contributed by atoms with Crippen molar-refractivity contribution >= 4 is 17.8 Å². The Morgan fingerprint density at radius 2 is 1.97 bits per heavy atom. The van der Waals surface area contributed by atoms with Crippen molar-refractivity contribution in [1.82, 2.24) is 14.7 Å². The van der Waals surface area contributed by atoms with Gasteiger partial charge in [0.25, 0.3) is 0 Å². The van der Waals surface area contributed by atoms with Gasteiger partial charge >= 0.3 is 5.97 Å². The molecular weight excluding hydrogens is 442 g/mol. The number of amides is 2. The largest absolute Gasteiger partial charge is 0.481 e. The number of hydrogen-bond acceptors (Lipinski definition) is 7. The molecule has 2 amide bonds. The molecule has 2 bridgehead atoms. The monoisotopic (exact) mass is 479 g/mol. The highest BCUT2D eigenvalue weighted by atomic mass is 16.5. The molecular formula is C24H37N3O7. The van der Waals surface area contributed by atoms with Crippen LogP contribution in [0.15, 0.2) is 12.7 Å². The van der Waals surface area contributed by atoms with Gasteiger partial charge in [-0.05, 0) is 32.1 Å². The number of aliphatic hydroxyl groups excluding tert-OH is 1. The van der Waals surface area contributed by atoms with Gasteiger partial charge in [-0.15, -0.1) is 6.58 Å². The molecule has 190 valence electrons. The zero-order valence-corrected chi connectivity index (χ0v) is 19.8. The molecule has 2 N–H and O–H groups in total. The van der Waals surface area contributed by atoms with E-state index in [1.807, 2.05) is 0 Å². The topological polar surface area (TPSA) is 120 Å². The summed E-state index contributed by atoms with van der Waals surface area (Å²) in [7, 11) is 0. The van der Waals surface area contributed by atoms with E-state index >= 15 is 0 Å². The quantitative estimate of drug-likeness (QED) is 0.296. The molecule has 0 saturated carbocycles. The highest BCUT2D eigenvalue weighted by molar-refractivity contribution is 5.98. The van der Waals surface area contributed by atoms with Crippen LogP contribution >= 0.6 is 0 Å². The Kier molecular flexibility index (Phi) is 7.91. The third kappa shape index (κ3) is 4.48. The molecule has 0 aliphatic carbocycles. The minimum atomic E-state index is -1.09. The Balaban J connectivity index is 1.57. The summed E-state index contributed by atoms with van der Waals surface area (Å²) in [6.45, 7) is 8.73. The number of fused-ring (bicyclic) bond motifs is 1. The molecule has 4 aliphatic rings. The van der Waals surface area contributed by atoms with E-state index < -0.39 is 35.6 Å². The lowest BCUT2D eigenvalue weighted by Crippen LogP contribution is -2.57. The van der Waals surface area contributed by atoms with Gasteiger partial charge in [0.15, 0.2) is 0 Å². The van der Waals surface area contributed by atoms with Gasteiger partial charge in [-0.3, -0.25) is 19.3 Å². The number of aliphatic carboxylic acids is 1. The van der Waals surface area contributed by atoms with Gasteiger partial charge in [0.05, 0.1) is 31.2 Å². The van der Waals surface area contributed by atoms with Crippen molar-refractivity contribution in [3.63, 3.8) is 0 Å². The number of nitrogens with zero attached hydrogens (tertiary/aromatic N) is 3. The van der Waals surface area contributed by atoms with Gasteiger partial charge < -0.3 is 29.5 Å². The predicted octanol–water partition coefficient (Wildman–Crippen LogP) is -0.0450. The molecule has 34 heavy (non-hydrogen) atoms. The van der Waals surface area contributed by atoms with E-state index in [0.717, 1.165) is 19.5 Å². The number of hydrogen-bond donors (Lipinski definition) is 2. The molecule has 10 nitrogen and oxygen atoms in total. The van der Waals surface area contributed by atoms with Crippen LogP contribution in [0.2, 0.25) is 0 Å². The van der Waals surface area contributed by atoms with Gasteiger partial charge in [-0.25, -0.2) is 0 Å². The molecule has 4 aliphatic heterocycles. The maximum atomic E-state index is 14.0. The van der Waals surface area contributed by atoms with E-state index in [-0.39, 0.29) is 18.4 Å². The summed E-state index contributed by atoms with van der Waals surface area (Å²) in [5.41, 5.74) is -1.09. The number of likely N-dealkylation sites (tertiary alicyclic amines) is 1. The Labute approximate surface area is 200 Å². The first-order valence-electron chi connectivity index (χ1n) is 12.5. The zero-order valence-electron chi connectivity index (χ0n) is 19.8. The number of rotatable bonds is 12. The number of ether oxygens (including phenoxy) is 2. The van der Waals surface area contributed by atoms with Crippen LogP contribution in [-0.4, -0.2) is 120 Å². The van der Waals surface area contributed by atoms with Crippen molar-refractivity contribution in [1.29, 1.82) is 0 Å². The fourth-order valence-corrected chi connectivity index (χ4v) is 6.23. The van der Waals surface area contributed by atoms with Gasteiger partial charge in [-0.1, -0.05) is 6.08 Å². The van der Waals surface area contributed by atoms with Crippen molar-refractivity contribution in [3.05, 3.63) is 12.7 Å². The lowest BCUT2D eigenvalue weighted by Gasteiger charge is -2.37. The standard InChI is InChI=1S/C24H37N3O7/c1-2-8-26(11-10-25-12-15-33-16-13-25)22(30)20-24-7-6-17(34-24)18(23(31)32)19(24)21(29)27(20)9-4-3-5-14-28/h2,17-20,28H,1,3-16H2,(H,31,32)/t17-,18+,19+,20?,24?/m1/s1. The number of carboxylic acids is 1. The van der Waals surface area contributed by atoms with Gasteiger partial charge in [-0.2, -0.15) is 0 Å². The summed E-state index contributed by atoms with van der Waals surface area (Å²) in [4.78, 5) is 45.2. The molecule has 0 aromatic heterocycles. The van der Waals surface area contributed by atoms with Crippen LogP contribution in [0.5, 0.6) is 0 Å². The van der Waals surface area contributed by atoms with E-state index in [0.29, 0.717) is 65.1 Å². The molecule has 0 radical (unpaired) electrons. The van der Waals surface area contributed by atoms with Crippen molar-refractivity contribution in [2.24, 2.45) is 11.8 Å². The average Bonchev–Trinajstić information content (AvgIpc) is 3.47. The van der Waals surface area contributed by atoms with Crippen molar-refractivity contribution in [2.45, 2.75) is 49.9 Å². The van der Waals surface area contributed by atoms with Crippen LogP contribution in [0, 0.1) is 11.8 Å². The van der Waals surface area contributed by atoms with E-state index in [4.69, 9.17) is 14.6 Å². The molecule has 4 saturated heterocycles. The van der Waals surface area contributed by atoms with E-state index in [9.17, 15) is 19.5 Å². The summed E-state index contributed by atoms with van der Waals surface area (Å²) >= 11 is 0. The predicted molar refractivity (Wildman–Crippen MR) is 122 cm³/mol. The Morgan fingerprint density at radius 3 is 2.65 bits per heavy atom. The van der Waals surface area contributed by atoms with Crippen molar-refractivity contribution < 1.29 is 34.1 Å². The van der Waals surface area contributed by atoms with Gasteiger partial charge in [0.2, 0.25) is 11.8 Å². The highest BCUT2D eigenvalue weighted by Gasteiger charge is 2.74. The average molecular weight is 480 g/mol. The van der Waals surface area contributed by atoms with Crippen LogP contribution in [0.3, 0.4) is 0 Å². The first kappa shape index (κ1) is 25.1. The smallest absolute Gasteiger partial charge is 0.310 e. The lowest BCUT2D eigenvalue weighted by molar-refractivity contribution is -0.151. The second kappa shape index (κ2) is 10.7. The number of unbranched alkanes of at least 4 members (excludes halogenated alkanes) is 2. The molecule has 4 fully saturated rings. The van der Waals surface area contributed by atoms with Crippen LogP contribution in [0.25, 0.3) is 0 Å². The molecule has 0 aromatic rings. The number of carbonyl (C=O) groups is 3. The molecule has 2 unspecified atom stereocenters. The normalized spacial score (nSPS) is 32.7. The Bertz CT molecular complexity index is 787. The second-order valence-corrected chi connectivity index (χ2v) is 9.74. The van der Waals surface area contributed by atoms with Gasteiger partial charge in [0, 0.05) is 45.9 Å². The van der Waals surface area contributed by atoms with Crippen molar-refractivity contribution in [3.8, 4) is 0 Å². The summed E-state index contributed by atoms with van der Waals surface area (Å²) < 4.78 is 11.7. The Morgan fingerprint density at radius 1 is 1.21 bits per heavy atom. The first-order chi connectivity index (χ1) is 16.4. The summed E-state index contributed by atoms with van der Waals surface area (Å²) in [5.74, 6) is -3.27. The molecule has 10 heteroatoms. The number of carboxylic acid groups (broad SMARTS) is 1. The SMILES string of the molecule is C=CCN(CCN1CCOCC1)C(=O)C1N(CCCCCO)C(=O)[C@@H]2[C@@H](C(=O)O)[C@H]3CCC12O3. The summed E-state index contributed by atoms with van der Waals surface area (Å²) in [6.07, 6.45) is 4.17. The molecule has 1 spiro atoms. The number of aliphatic hydroxyl groups is 1. The number of carbonyl (C=O) groups excluding carboxylic acids is 2. The third-order valence-electron chi connectivity index (χ3n) is 7.83. The van der Waals surface area contributed by atoms with Crippen LogP contribution in [0.4, 0.5) is 0 Å². The van der Waals surface area contributed by atoms with Gasteiger partial charge in [0.1, 0.15) is 11.6 Å². The molecule has 4 rings (SSSR count). The van der Waals surface area contributed by atoms with E-state index in [1.165, 1.54) is 0 Å². The number of morpholine rings is 1.